The topological polar surface area (TPSA) is 155 Å². The molecule has 0 spiro atoms. The molecule has 0 radical (unpaired) electrons. The number of hydrogen-bond acceptors (Lipinski definition) is 7. The number of alkyl halides is 3. The molecule has 5 aromatic rings. The first-order chi connectivity index (χ1) is 25.0. The molecule has 1 N–H and O–H groups in total. The second kappa shape index (κ2) is 14.1. The average molecular weight is 748 g/mol. The first-order valence-corrected chi connectivity index (χ1v) is 18.1. The van der Waals surface area contributed by atoms with Crippen LogP contribution in [0.5, 0.6) is 0 Å². The van der Waals surface area contributed by atoms with Crippen LogP contribution in [0.4, 0.5) is 18.0 Å². The molecule has 1 unspecified atom stereocenters. The highest BCUT2D eigenvalue weighted by molar-refractivity contribution is 7.85. The van der Waals surface area contributed by atoms with E-state index >= 15 is 0 Å². The monoisotopic (exact) mass is 747 g/mol. The van der Waals surface area contributed by atoms with E-state index in [1.54, 1.807) is 43.3 Å². The summed E-state index contributed by atoms with van der Waals surface area (Å²) in [6, 6.07) is 21.2. The van der Waals surface area contributed by atoms with Crippen molar-refractivity contribution in [3.8, 4) is 28.8 Å². The lowest BCUT2D eigenvalue weighted by atomic mass is 10.0. The number of carbonyl (C=O) groups is 1. The minimum atomic E-state index is -4.61. The van der Waals surface area contributed by atoms with E-state index in [2.05, 4.69) is 30.6 Å². The van der Waals surface area contributed by atoms with E-state index in [1.807, 2.05) is 0 Å². The van der Waals surface area contributed by atoms with E-state index < -0.39 is 33.6 Å². The summed E-state index contributed by atoms with van der Waals surface area (Å²) in [5.74, 6) is 0.955. The number of benzene rings is 3. The van der Waals surface area contributed by atoms with Crippen LogP contribution in [0.1, 0.15) is 29.7 Å². The van der Waals surface area contributed by atoms with Gasteiger partial charge in [0, 0.05) is 17.9 Å². The van der Waals surface area contributed by atoms with E-state index in [0.717, 1.165) is 51.7 Å². The molecule has 3 heterocycles. The van der Waals surface area contributed by atoms with Crippen molar-refractivity contribution in [2.24, 2.45) is 11.8 Å². The molecule has 16 heteroatoms. The Morgan fingerprint density at radius 1 is 0.962 bits per heavy atom. The lowest BCUT2D eigenvalue weighted by molar-refractivity contribution is -0.881. The van der Waals surface area contributed by atoms with E-state index in [1.165, 1.54) is 47.3 Å². The minimum Gasteiger partial charge on any atom is -0.744 e. The van der Waals surface area contributed by atoms with Gasteiger partial charge in [0.15, 0.2) is 0 Å². The number of hydrogen-bond donors (Lipinski definition) is 1. The maximum absolute atomic E-state index is 14.0. The van der Waals surface area contributed by atoms with Crippen molar-refractivity contribution < 1.29 is 35.4 Å². The second-order valence-electron chi connectivity index (χ2n) is 13.9. The van der Waals surface area contributed by atoms with Gasteiger partial charge in [-0.3, -0.25) is 4.57 Å². The molecule has 1 amide bonds. The molecule has 0 bridgehead atoms. The Morgan fingerprint density at radius 2 is 1.60 bits per heavy atom. The fourth-order valence-electron chi connectivity index (χ4n) is 7.53. The van der Waals surface area contributed by atoms with Gasteiger partial charge in [-0.25, -0.2) is 27.3 Å². The molecule has 2 fully saturated rings. The number of nitriles is 1. The van der Waals surface area contributed by atoms with Crippen LogP contribution in [0.25, 0.3) is 22.8 Å². The largest absolute Gasteiger partial charge is 0.744 e. The van der Waals surface area contributed by atoms with Gasteiger partial charge in [0.05, 0.1) is 78.2 Å². The maximum atomic E-state index is 14.0. The molecule has 276 valence electrons. The summed E-state index contributed by atoms with van der Waals surface area (Å²) in [6.45, 7) is 3.64. The van der Waals surface area contributed by atoms with Crippen LogP contribution in [0.15, 0.2) is 101 Å². The highest BCUT2D eigenvalue weighted by Crippen LogP contribution is 2.40. The number of likely N-dealkylation sites (tertiary alicyclic amines) is 1. The lowest BCUT2D eigenvalue weighted by Crippen LogP contribution is -2.43. The van der Waals surface area contributed by atoms with Gasteiger partial charge in [0.25, 0.3) is 0 Å². The van der Waals surface area contributed by atoms with Crippen molar-refractivity contribution in [2.75, 3.05) is 27.2 Å². The standard InChI is InChI=1S/C31H30F3N7O2.C6H6O3S/c1-19-28(27-11-12-36-40(27)25-9-7-20(16-35)8-10-25)39(29(42)37-24-13-21-17-41(2,3)18-22(21)14-24)30(43)38(19)26-6-4-5-23(15-26)31(32,33)34;7-10(8,9)6-4-2-1-3-5-6/h4-12,15,21-22,24H,13-14,17-18H2,1-3H3;1-5H,(H,7,8,9)/t21-,22?,24-;/m1./s1. The Balaban J connectivity index is 0.000000417. The fourth-order valence-corrected chi connectivity index (χ4v) is 8.02. The van der Waals surface area contributed by atoms with E-state index in [0.29, 0.717) is 28.8 Å². The van der Waals surface area contributed by atoms with Crippen molar-refractivity contribution in [2.45, 2.75) is 36.9 Å². The Labute approximate surface area is 303 Å². The lowest BCUT2D eigenvalue weighted by Gasteiger charge is -2.25. The van der Waals surface area contributed by atoms with Crippen LogP contribution in [-0.4, -0.2) is 75.6 Å². The molecule has 12 nitrogen and oxygen atoms in total. The van der Waals surface area contributed by atoms with Crippen molar-refractivity contribution in [1.29, 1.82) is 5.26 Å². The zero-order valence-corrected chi connectivity index (χ0v) is 29.8. The minimum absolute atomic E-state index is 0.00929. The van der Waals surface area contributed by atoms with Gasteiger partial charge in [-0.15, -0.1) is 0 Å². The number of fused-ring (bicyclic) bond motifs is 1. The summed E-state index contributed by atoms with van der Waals surface area (Å²) in [4.78, 5) is 27.8. The number of quaternary nitrogens is 1. The zero-order valence-electron chi connectivity index (χ0n) is 29.0. The van der Waals surface area contributed by atoms with Gasteiger partial charge in [0.1, 0.15) is 15.8 Å². The van der Waals surface area contributed by atoms with Crippen LogP contribution in [0.3, 0.4) is 0 Å². The van der Waals surface area contributed by atoms with Crippen molar-refractivity contribution in [1.82, 2.24) is 24.2 Å². The van der Waals surface area contributed by atoms with Crippen LogP contribution >= 0.6 is 0 Å². The molecular formula is C37H36F3N7O5S. The van der Waals surface area contributed by atoms with Gasteiger partial charge in [-0.05, 0) is 80.4 Å². The molecule has 2 aliphatic rings. The molecule has 7 rings (SSSR count). The predicted molar refractivity (Wildman–Crippen MR) is 187 cm³/mol. The van der Waals surface area contributed by atoms with Crippen molar-refractivity contribution in [3.63, 3.8) is 0 Å². The highest BCUT2D eigenvalue weighted by atomic mass is 32.2. The van der Waals surface area contributed by atoms with Gasteiger partial charge in [-0.1, -0.05) is 24.3 Å². The number of rotatable bonds is 5. The number of aromatic nitrogens is 4. The van der Waals surface area contributed by atoms with Crippen molar-refractivity contribution in [3.05, 3.63) is 118 Å². The van der Waals surface area contributed by atoms with E-state index in [-0.39, 0.29) is 28.0 Å². The van der Waals surface area contributed by atoms with E-state index in [4.69, 9.17) is 0 Å². The van der Waals surface area contributed by atoms with Crippen molar-refractivity contribution >= 4 is 16.1 Å². The fraction of sp³-hybridized carbons (Fsp3) is 0.297. The smallest absolute Gasteiger partial charge is 0.416 e. The van der Waals surface area contributed by atoms with Crippen LogP contribution in [0.2, 0.25) is 0 Å². The summed E-state index contributed by atoms with van der Waals surface area (Å²) in [7, 11) is 0.152. The van der Waals surface area contributed by atoms with Crippen LogP contribution in [-0.2, 0) is 16.3 Å². The van der Waals surface area contributed by atoms with Gasteiger partial charge in [-0.2, -0.15) is 23.5 Å². The summed E-state index contributed by atoms with van der Waals surface area (Å²) in [5.41, 5.74) is 0.199. The van der Waals surface area contributed by atoms with E-state index in [9.17, 15) is 41.0 Å². The SMILES string of the molecule is Cc1c(-c2ccnn2-c2ccc(C#N)cc2)n(C(=O)N[C@H]2CC3C[N+](C)(C)C[C@H]3C2)c(=O)n1-c1cccc(C(F)(F)F)c1.O=S(=O)([O-])c1ccccc1. The molecule has 2 aromatic heterocycles. The van der Waals surface area contributed by atoms with Gasteiger partial charge >= 0.3 is 17.9 Å². The normalized spacial score (nSPS) is 19.2. The second-order valence-corrected chi connectivity index (χ2v) is 15.3. The predicted octanol–water partition coefficient (Wildman–Crippen LogP) is 5.32. The zero-order chi connectivity index (χ0) is 38.3. The molecule has 3 aromatic carbocycles. The molecule has 1 aliphatic heterocycles. The summed E-state index contributed by atoms with van der Waals surface area (Å²) < 4.78 is 76.2. The number of halogens is 3. The number of nitrogens with zero attached hydrogens (tertiary/aromatic N) is 6. The van der Waals surface area contributed by atoms with Gasteiger partial charge < -0.3 is 14.4 Å². The Morgan fingerprint density at radius 3 is 2.17 bits per heavy atom. The Kier molecular flexibility index (Phi) is 9.94. The van der Waals surface area contributed by atoms with Crippen LogP contribution < -0.4 is 11.0 Å². The summed E-state index contributed by atoms with van der Waals surface area (Å²) in [5, 5.41) is 16.7. The quantitative estimate of drug-likeness (QED) is 0.189. The third kappa shape index (κ3) is 7.82. The Bertz CT molecular complexity index is 2340. The molecule has 1 aliphatic carbocycles. The third-order valence-corrected chi connectivity index (χ3v) is 10.6. The van der Waals surface area contributed by atoms with Crippen LogP contribution in [0, 0.1) is 30.1 Å². The number of nitrogens with one attached hydrogen (secondary N) is 1. The first-order valence-electron chi connectivity index (χ1n) is 16.7. The first kappa shape index (κ1) is 37.3. The highest BCUT2D eigenvalue weighted by Gasteiger charge is 2.47. The van der Waals surface area contributed by atoms with Gasteiger partial charge in [0.2, 0.25) is 0 Å². The maximum Gasteiger partial charge on any atom is 0.416 e. The number of carbonyl (C=O) groups excluding carboxylic acids is 1. The third-order valence-electron chi connectivity index (χ3n) is 9.70. The number of amides is 1. The summed E-state index contributed by atoms with van der Waals surface area (Å²) in [6.07, 6.45) is -1.49. The average Bonchev–Trinajstić information content (AvgIpc) is 3.85. The molecule has 1 saturated heterocycles. The Hall–Kier alpha value is -5.50. The number of imidazole rings is 1. The molecule has 53 heavy (non-hydrogen) atoms. The molecule has 1 saturated carbocycles. The molecular weight excluding hydrogens is 712 g/mol. The molecule has 3 atom stereocenters. The summed E-state index contributed by atoms with van der Waals surface area (Å²) >= 11 is 0.